The number of likely N-dealkylation sites (N-methyl/N-ethyl adjacent to an activating group) is 1. The molecule has 28 heavy (non-hydrogen) atoms. The zero-order valence-corrected chi connectivity index (χ0v) is 17.5. The Morgan fingerprint density at radius 1 is 1.04 bits per heavy atom. The first-order valence-electron chi connectivity index (χ1n) is 8.26. The van der Waals surface area contributed by atoms with Gasteiger partial charge in [0.15, 0.2) is 0 Å². The summed E-state index contributed by atoms with van der Waals surface area (Å²) in [6.45, 7) is 1.79. The fourth-order valence-corrected chi connectivity index (χ4v) is 3.60. The molecule has 0 spiro atoms. The number of benzene rings is 2. The average Bonchev–Trinajstić information content (AvgIpc) is 2.68. The molecule has 2 amide bonds. The molecule has 0 saturated carbocycles. The summed E-state index contributed by atoms with van der Waals surface area (Å²) in [5.74, 6) is -0.865. The van der Waals surface area contributed by atoms with Crippen LogP contribution in [-0.4, -0.2) is 45.3 Å². The fourth-order valence-electron chi connectivity index (χ4n) is 2.37. The Morgan fingerprint density at radius 2 is 1.61 bits per heavy atom. The Bertz CT molecular complexity index is 959. The summed E-state index contributed by atoms with van der Waals surface area (Å²) in [6, 6.07) is 10.3. The lowest BCUT2D eigenvalue weighted by atomic mass is 10.2. The fraction of sp³-hybridized carbons (Fsp3) is 0.222. The number of carbonyl (C=O) groups is 2. The molecule has 0 bridgehead atoms. The molecule has 0 aliphatic carbocycles. The molecule has 2 N–H and O–H groups in total. The van der Waals surface area contributed by atoms with Crippen LogP contribution in [0.5, 0.6) is 0 Å². The van der Waals surface area contributed by atoms with Gasteiger partial charge in [0.2, 0.25) is 15.9 Å². The number of halogens is 2. The molecule has 0 aromatic heterocycles. The summed E-state index contributed by atoms with van der Waals surface area (Å²) in [5.41, 5.74) is 0.543. The average molecular weight is 444 g/mol. The maximum absolute atomic E-state index is 12.7. The van der Waals surface area contributed by atoms with Crippen LogP contribution in [-0.2, 0) is 14.8 Å². The van der Waals surface area contributed by atoms with Gasteiger partial charge in [-0.05, 0) is 50.4 Å². The first-order valence-corrected chi connectivity index (χ1v) is 10.5. The van der Waals surface area contributed by atoms with Gasteiger partial charge in [-0.3, -0.25) is 9.59 Å². The van der Waals surface area contributed by atoms with E-state index in [0.717, 1.165) is 0 Å². The monoisotopic (exact) mass is 443 g/mol. The second-order valence-corrected chi connectivity index (χ2v) is 8.40. The summed E-state index contributed by atoms with van der Waals surface area (Å²) in [7, 11) is -2.29. The highest BCUT2D eigenvalue weighted by Crippen LogP contribution is 2.29. The molecule has 10 heteroatoms. The molecule has 0 aliphatic rings. The molecular weight excluding hydrogens is 425 g/mol. The van der Waals surface area contributed by atoms with Crippen LogP contribution in [0.2, 0.25) is 10.0 Å². The van der Waals surface area contributed by atoms with E-state index in [2.05, 4.69) is 10.0 Å². The molecular formula is C18H19Cl2N3O4S. The van der Waals surface area contributed by atoms with Crippen LogP contribution in [0.4, 0.5) is 5.69 Å². The number of amides is 2. The van der Waals surface area contributed by atoms with Crippen molar-refractivity contribution in [2.45, 2.75) is 11.8 Å². The summed E-state index contributed by atoms with van der Waals surface area (Å²) < 4.78 is 25.7. The minimum Gasteiger partial charge on any atom is -0.330 e. The second-order valence-electron chi connectivity index (χ2n) is 5.70. The van der Waals surface area contributed by atoms with Gasteiger partial charge in [-0.25, -0.2) is 13.1 Å². The number of hydrogen-bond donors (Lipinski definition) is 2. The van der Waals surface area contributed by atoms with Gasteiger partial charge in [-0.15, -0.1) is 0 Å². The van der Waals surface area contributed by atoms with E-state index in [0.29, 0.717) is 0 Å². The van der Waals surface area contributed by atoms with Crippen LogP contribution in [0.3, 0.4) is 0 Å². The number of nitrogens with zero attached hydrogens (tertiary/aromatic N) is 1. The van der Waals surface area contributed by atoms with E-state index in [-0.39, 0.29) is 39.3 Å². The second kappa shape index (κ2) is 9.38. The van der Waals surface area contributed by atoms with Crippen LogP contribution in [0.1, 0.15) is 17.3 Å². The Morgan fingerprint density at radius 3 is 2.11 bits per heavy atom. The zero-order chi connectivity index (χ0) is 20.9. The highest BCUT2D eigenvalue weighted by molar-refractivity contribution is 7.89. The molecule has 0 saturated heterocycles. The topological polar surface area (TPSA) is 95.6 Å². The van der Waals surface area contributed by atoms with Gasteiger partial charge in [0.05, 0.1) is 20.6 Å². The standard InChI is InChI=1S/C18H19Cl2N3O4S/c1-3-23(11-16(24)22-17-14(19)5-4-6-15(17)20)18(25)12-7-9-13(10-8-12)28(26,27)21-2/h4-10,21H,3,11H2,1-2H3,(H,22,24). The van der Waals surface area contributed by atoms with Crippen LogP contribution in [0.25, 0.3) is 0 Å². The van der Waals surface area contributed by atoms with E-state index < -0.39 is 21.8 Å². The normalized spacial score (nSPS) is 11.1. The van der Waals surface area contributed by atoms with E-state index in [9.17, 15) is 18.0 Å². The molecule has 0 fully saturated rings. The van der Waals surface area contributed by atoms with Crippen LogP contribution >= 0.6 is 23.2 Å². The van der Waals surface area contributed by atoms with E-state index in [1.807, 2.05) is 0 Å². The minimum atomic E-state index is -3.59. The van der Waals surface area contributed by atoms with Gasteiger partial charge in [0.1, 0.15) is 6.54 Å². The van der Waals surface area contributed by atoms with Crippen LogP contribution in [0.15, 0.2) is 47.4 Å². The Labute approximate surface area is 173 Å². The third kappa shape index (κ3) is 5.23. The molecule has 2 rings (SSSR count). The van der Waals surface area contributed by atoms with Crippen molar-refractivity contribution in [1.29, 1.82) is 0 Å². The molecule has 2 aromatic rings. The van der Waals surface area contributed by atoms with Gasteiger partial charge in [-0.1, -0.05) is 29.3 Å². The number of sulfonamides is 1. The van der Waals surface area contributed by atoms with Crippen molar-refractivity contribution >= 4 is 50.7 Å². The number of rotatable bonds is 7. The van der Waals surface area contributed by atoms with Gasteiger partial charge < -0.3 is 10.2 Å². The van der Waals surface area contributed by atoms with Crippen molar-refractivity contribution in [2.24, 2.45) is 0 Å². The maximum atomic E-state index is 12.7. The molecule has 2 aromatic carbocycles. The van der Waals surface area contributed by atoms with E-state index in [1.54, 1.807) is 25.1 Å². The number of anilines is 1. The first kappa shape index (κ1) is 22.2. The molecule has 0 aliphatic heterocycles. The number of nitrogens with one attached hydrogen (secondary N) is 2. The third-order valence-corrected chi connectivity index (χ3v) is 5.97. The minimum absolute atomic E-state index is 0.0423. The highest BCUT2D eigenvalue weighted by atomic mass is 35.5. The smallest absolute Gasteiger partial charge is 0.254 e. The molecule has 7 nitrogen and oxygen atoms in total. The molecule has 150 valence electrons. The van der Waals surface area contributed by atoms with E-state index in [4.69, 9.17) is 23.2 Å². The van der Waals surface area contributed by atoms with Crippen molar-refractivity contribution in [1.82, 2.24) is 9.62 Å². The van der Waals surface area contributed by atoms with E-state index >= 15 is 0 Å². The number of hydrogen-bond acceptors (Lipinski definition) is 4. The van der Waals surface area contributed by atoms with Crippen molar-refractivity contribution in [2.75, 3.05) is 25.5 Å². The Kier molecular flexibility index (Phi) is 7.42. The van der Waals surface area contributed by atoms with Crippen molar-refractivity contribution in [3.05, 3.63) is 58.1 Å². The lowest BCUT2D eigenvalue weighted by Gasteiger charge is -2.21. The highest BCUT2D eigenvalue weighted by Gasteiger charge is 2.20. The van der Waals surface area contributed by atoms with Gasteiger partial charge >= 0.3 is 0 Å². The van der Waals surface area contributed by atoms with Gasteiger partial charge in [-0.2, -0.15) is 0 Å². The molecule has 0 unspecified atom stereocenters. The van der Waals surface area contributed by atoms with Crippen molar-refractivity contribution < 1.29 is 18.0 Å². The van der Waals surface area contributed by atoms with Gasteiger partial charge in [0, 0.05) is 12.1 Å². The summed E-state index contributed by atoms with van der Waals surface area (Å²) in [6.07, 6.45) is 0. The summed E-state index contributed by atoms with van der Waals surface area (Å²) in [4.78, 5) is 26.4. The summed E-state index contributed by atoms with van der Waals surface area (Å²) >= 11 is 12.1. The summed E-state index contributed by atoms with van der Waals surface area (Å²) in [5, 5.41) is 3.18. The molecule has 0 atom stereocenters. The predicted molar refractivity (Wildman–Crippen MR) is 109 cm³/mol. The largest absolute Gasteiger partial charge is 0.330 e. The predicted octanol–water partition coefficient (Wildman–Crippen LogP) is 3.00. The maximum Gasteiger partial charge on any atom is 0.254 e. The third-order valence-electron chi connectivity index (χ3n) is 3.91. The zero-order valence-electron chi connectivity index (χ0n) is 15.2. The SMILES string of the molecule is CCN(CC(=O)Nc1c(Cl)cccc1Cl)C(=O)c1ccc(S(=O)(=O)NC)cc1. The quantitative estimate of drug-likeness (QED) is 0.687. The molecule has 0 radical (unpaired) electrons. The Hall–Kier alpha value is -2.13. The lowest BCUT2D eigenvalue weighted by molar-refractivity contribution is -0.116. The Balaban J connectivity index is 2.12. The lowest BCUT2D eigenvalue weighted by Crippen LogP contribution is -2.38. The molecule has 0 heterocycles. The number of carbonyl (C=O) groups excluding carboxylic acids is 2. The van der Waals surface area contributed by atoms with Crippen LogP contribution in [0, 0.1) is 0 Å². The number of para-hydroxylation sites is 1. The van der Waals surface area contributed by atoms with Crippen LogP contribution < -0.4 is 10.0 Å². The van der Waals surface area contributed by atoms with Gasteiger partial charge in [0.25, 0.3) is 5.91 Å². The van der Waals surface area contributed by atoms with Crippen molar-refractivity contribution in [3.63, 3.8) is 0 Å². The van der Waals surface area contributed by atoms with Crippen molar-refractivity contribution in [3.8, 4) is 0 Å². The first-order chi connectivity index (χ1) is 13.2. The van der Waals surface area contributed by atoms with E-state index in [1.165, 1.54) is 36.2 Å².